The van der Waals surface area contributed by atoms with E-state index in [9.17, 15) is 30.8 Å². The molecule has 2 aliphatic rings. The van der Waals surface area contributed by atoms with Crippen LogP contribution in [0.5, 0.6) is 0 Å². The first-order valence-corrected chi connectivity index (χ1v) is 13.5. The van der Waals surface area contributed by atoms with Gasteiger partial charge in [-0.05, 0) is 56.2 Å². The topological polar surface area (TPSA) is 70.2 Å². The lowest BCUT2D eigenvalue weighted by Gasteiger charge is -2.41. The quantitative estimate of drug-likeness (QED) is 0.400. The lowest BCUT2D eigenvalue weighted by molar-refractivity contribution is -0.141. The molecule has 0 spiro atoms. The number of nitrogens with zero attached hydrogens (tertiary/aromatic N) is 3. The molecule has 2 atom stereocenters. The number of carbonyl (C=O) groups excluding carboxylic acids is 1. The van der Waals surface area contributed by atoms with E-state index in [0.29, 0.717) is 18.3 Å². The Bertz CT molecular complexity index is 1250. The minimum atomic E-state index is -4.74. The van der Waals surface area contributed by atoms with E-state index in [4.69, 9.17) is 4.74 Å². The fraction of sp³-hybridized carbons (Fsp3) is 0.480. The van der Waals surface area contributed by atoms with E-state index < -0.39 is 33.6 Å². The third-order valence-electron chi connectivity index (χ3n) is 6.78. The molecular weight excluding hydrogens is 514 g/mol. The van der Waals surface area contributed by atoms with Crippen LogP contribution in [-0.2, 0) is 25.7 Å². The Kier molecular flexibility index (Phi) is 7.70. The van der Waals surface area contributed by atoms with Crippen molar-refractivity contribution in [3.8, 4) is 0 Å². The van der Waals surface area contributed by atoms with Crippen LogP contribution in [0.1, 0.15) is 32.3 Å². The number of hydrogen-bond donors (Lipinski definition) is 0. The highest BCUT2D eigenvalue weighted by Gasteiger charge is 2.39. The minimum absolute atomic E-state index is 0.0181. The molecule has 2 saturated heterocycles. The second-order valence-corrected chi connectivity index (χ2v) is 11.2. The van der Waals surface area contributed by atoms with E-state index in [1.165, 1.54) is 22.2 Å². The van der Waals surface area contributed by atoms with Gasteiger partial charge in [-0.25, -0.2) is 12.8 Å². The molecule has 1 unspecified atom stereocenters. The maximum atomic E-state index is 13.6. The molecule has 0 saturated carbocycles. The zero-order chi connectivity index (χ0) is 27.0. The summed E-state index contributed by atoms with van der Waals surface area (Å²) in [5.74, 6) is -1.36. The molecule has 7 nitrogen and oxygen atoms in total. The molecule has 0 aliphatic carbocycles. The summed E-state index contributed by atoms with van der Waals surface area (Å²) >= 11 is 0. The first kappa shape index (κ1) is 27.2. The number of sulfonamides is 1. The molecule has 2 aromatic rings. The molecule has 0 amide bonds. The summed E-state index contributed by atoms with van der Waals surface area (Å²) in [5, 5.41) is 0. The Morgan fingerprint density at radius 1 is 1.11 bits per heavy atom. The third-order valence-corrected chi connectivity index (χ3v) is 8.79. The van der Waals surface area contributed by atoms with Crippen molar-refractivity contribution in [3.05, 3.63) is 53.8 Å². The van der Waals surface area contributed by atoms with Crippen LogP contribution in [0.15, 0.2) is 47.4 Å². The van der Waals surface area contributed by atoms with Gasteiger partial charge in [-0.1, -0.05) is 6.07 Å². The van der Waals surface area contributed by atoms with E-state index in [-0.39, 0.29) is 48.8 Å². The van der Waals surface area contributed by atoms with Gasteiger partial charge in [-0.3, -0.25) is 4.79 Å². The van der Waals surface area contributed by atoms with Crippen LogP contribution in [0.2, 0.25) is 0 Å². The summed E-state index contributed by atoms with van der Waals surface area (Å²) in [5.41, 5.74) is -0.562. The van der Waals surface area contributed by atoms with Gasteiger partial charge in [0.1, 0.15) is 12.4 Å². The Morgan fingerprint density at radius 3 is 2.54 bits per heavy atom. The van der Waals surface area contributed by atoms with Gasteiger partial charge < -0.3 is 14.5 Å². The monoisotopic (exact) mass is 543 g/mol. The number of ether oxygens (including phenoxy) is 1. The Labute approximate surface area is 213 Å². The standard InChI is InChI=1S/C25H29F4N3O4S/c1-17-15-30(24-9-8-19(26)13-23(24)25(27,28)29)11-12-32(17)37(34,35)22-7-3-5-20(14-22)31-10-4-6-21(31)16-36-18(2)33/h3,5,7-9,13-14,17,21H,4,6,10-12,15-16H2,1-2H3/t17-,21?/m1/s1. The lowest BCUT2D eigenvalue weighted by atomic mass is 10.1. The number of carbonyl (C=O) groups is 1. The number of esters is 1. The lowest BCUT2D eigenvalue weighted by Crippen LogP contribution is -2.54. The maximum absolute atomic E-state index is 13.6. The fourth-order valence-corrected chi connectivity index (χ4v) is 6.70. The van der Waals surface area contributed by atoms with Crippen molar-refractivity contribution in [3.63, 3.8) is 0 Å². The Hall–Kier alpha value is -2.86. The van der Waals surface area contributed by atoms with Crippen molar-refractivity contribution in [1.82, 2.24) is 4.31 Å². The highest BCUT2D eigenvalue weighted by molar-refractivity contribution is 7.89. The molecule has 2 aromatic carbocycles. The van der Waals surface area contributed by atoms with Crippen molar-refractivity contribution in [2.75, 3.05) is 42.6 Å². The first-order valence-electron chi connectivity index (χ1n) is 12.0. The zero-order valence-corrected chi connectivity index (χ0v) is 21.4. The summed E-state index contributed by atoms with van der Waals surface area (Å²) in [4.78, 5) is 14.8. The number of anilines is 2. The van der Waals surface area contributed by atoms with E-state index in [2.05, 4.69) is 0 Å². The fourth-order valence-electron chi connectivity index (χ4n) is 5.05. The highest BCUT2D eigenvalue weighted by atomic mass is 32.2. The van der Waals surface area contributed by atoms with Crippen LogP contribution < -0.4 is 9.80 Å². The van der Waals surface area contributed by atoms with Crippen LogP contribution in [0.25, 0.3) is 0 Å². The average molecular weight is 544 g/mol. The highest BCUT2D eigenvalue weighted by Crippen LogP contribution is 2.38. The molecular formula is C25H29F4N3O4S. The van der Waals surface area contributed by atoms with Gasteiger partial charge in [0.15, 0.2) is 0 Å². The Morgan fingerprint density at radius 2 is 1.86 bits per heavy atom. The third kappa shape index (κ3) is 5.85. The van der Waals surface area contributed by atoms with Gasteiger partial charge in [0.05, 0.1) is 16.5 Å². The van der Waals surface area contributed by atoms with Crippen LogP contribution in [-0.4, -0.2) is 63.6 Å². The van der Waals surface area contributed by atoms with Crippen LogP contribution in [0.3, 0.4) is 0 Å². The smallest absolute Gasteiger partial charge is 0.418 e. The molecule has 2 heterocycles. The first-order chi connectivity index (χ1) is 17.4. The molecule has 12 heteroatoms. The second kappa shape index (κ2) is 10.5. The average Bonchev–Trinajstić information content (AvgIpc) is 3.31. The summed E-state index contributed by atoms with van der Waals surface area (Å²) in [6, 6.07) is 8.37. The second-order valence-electron chi connectivity index (χ2n) is 9.36. The van der Waals surface area contributed by atoms with Crippen molar-refractivity contribution in [2.24, 2.45) is 0 Å². The van der Waals surface area contributed by atoms with Crippen molar-refractivity contribution in [2.45, 2.75) is 49.8 Å². The molecule has 0 radical (unpaired) electrons. The van der Waals surface area contributed by atoms with Crippen molar-refractivity contribution < 1.29 is 35.5 Å². The summed E-state index contributed by atoms with van der Waals surface area (Å²) in [6.07, 6.45) is -3.05. The molecule has 0 aromatic heterocycles. The summed E-state index contributed by atoms with van der Waals surface area (Å²) in [7, 11) is -3.94. The van der Waals surface area contributed by atoms with Gasteiger partial charge in [0, 0.05) is 50.5 Å². The normalized spacial score (nSPS) is 21.4. The SMILES string of the molecule is CC(=O)OCC1CCCN1c1cccc(S(=O)(=O)N2CCN(c3ccc(F)cc3C(F)(F)F)C[C@H]2C)c1. The largest absolute Gasteiger partial charge is 0.464 e. The van der Waals surface area contributed by atoms with Crippen LogP contribution in [0, 0.1) is 5.82 Å². The van der Waals surface area contributed by atoms with Gasteiger partial charge in [-0.15, -0.1) is 0 Å². The van der Waals surface area contributed by atoms with Crippen molar-refractivity contribution >= 4 is 27.4 Å². The van der Waals surface area contributed by atoms with Gasteiger partial charge >= 0.3 is 12.1 Å². The van der Waals surface area contributed by atoms with Gasteiger partial charge in [0.2, 0.25) is 10.0 Å². The molecule has 4 rings (SSSR count). The number of hydrogen-bond acceptors (Lipinski definition) is 6. The Balaban J connectivity index is 1.53. The van der Waals surface area contributed by atoms with Crippen LogP contribution >= 0.6 is 0 Å². The predicted octanol–water partition coefficient (Wildman–Crippen LogP) is 4.28. The van der Waals surface area contributed by atoms with Crippen molar-refractivity contribution in [1.29, 1.82) is 0 Å². The van der Waals surface area contributed by atoms with Gasteiger partial charge in [-0.2, -0.15) is 17.5 Å². The van der Waals surface area contributed by atoms with Crippen LogP contribution in [0.4, 0.5) is 28.9 Å². The minimum Gasteiger partial charge on any atom is -0.464 e. The van der Waals surface area contributed by atoms with E-state index in [0.717, 1.165) is 25.0 Å². The maximum Gasteiger partial charge on any atom is 0.418 e. The molecule has 0 N–H and O–H groups in total. The number of piperazine rings is 1. The van der Waals surface area contributed by atoms with Gasteiger partial charge in [0.25, 0.3) is 0 Å². The molecule has 37 heavy (non-hydrogen) atoms. The number of halogens is 4. The molecule has 0 bridgehead atoms. The summed E-state index contributed by atoms with van der Waals surface area (Å²) in [6.45, 7) is 3.91. The molecule has 202 valence electrons. The predicted molar refractivity (Wildman–Crippen MR) is 130 cm³/mol. The molecule has 2 aliphatic heterocycles. The number of rotatable bonds is 6. The van der Waals surface area contributed by atoms with E-state index >= 15 is 0 Å². The number of benzene rings is 2. The van der Waals surface area contributed by atoms with E-state index in [1.54, 1.807) is 25.1 Å². The summed E-state index contributed by atoms with van der Waals surface area (Å²) < 4.78 is 87.7. The molecule has 2 fully saturated rings. The number of alkyl halides is 3. The van der Waals surface area contributed by atoms with E-state index in [1.807, 2.05) is 4.90 Å². The zero-order valence-electron chi connectivity index (χ0n) is 20.5.